The van der Waals surface area contributed by atoms with Crippen molar-refractivity contribution in [3.63, 3.8) is 0 Å². The molecule has 1 aliphatic heterocycles. The minimum Gasteiger partial charge on any atom is -0.497 e. The summed E-state index contributed by atoms with van der Waals surface area (Å²) in [5.41, 5.74) is 0.947. The molecule has 0 bridgehead atoms. The molecule has 3 rings (SSSR count). The van der Waals surface area contributed by atoms with Gasteiger partial charge in [0.15, 0.2) is 0 Å². The van der Waals surface area contributed by atoms with Crippen molar-refractivity contribution in [1.82, 2.24) is 14.9 Å². The Morgan fingerprint density at radius 2 is 1.95 bits per heavy atom. The van der Waals surface area contributed by atoms with Gasteiger partial charge in [-0.05, 0) is 25.2 Å². The lowest BCUT2D eigenvalue weighted by Crippen LogP contribution is -2.45. The molecule has 1 fully saturated rings. The molecule has 0 radical (unpaired) electrons. The molecule has 0 spiro atoms. The van der Waals surface area contributed by atoms with E-state index in [-0.39, 0.29) is 0 Å². The topological polar surface area (TPSA) is 53.5 Å². The molecule has 2 heterocycles. The zero-order valence-electron chi connectivity index (χ0n) is 13.0. The predicted octanol–water partition coefficient (Wildman–Crippen LogP) is 1.98. The molecule has 116 valence electrons. The standard InChI is InChI=1S/C16H21N5O/c1-20-8-10-21(11-9-20)16-17-7-6-15(19-16)18-13-4-3-5-14(12-13)22-2/h3-7,12H,8-11H2,1-2H3,(H,17,18,19). The molecule has 0 aliphatic carbocycles. The van der Waals surface area contributed by atoms with Gasteiger partial charge in [-0.3, -0.25) is 0 Å². The second-order valence-electron chi connectivity index (χ2n) is 5.39. The Labute approximate surface area is 130 Å². The number of aromatic nitrogens is 2. The maximum Gasteiger partial charge on any atom is 0.227 e. The summed E-state index contributed by atoms with van der Waals surface area (Å²) in [4.78, 5) is 13.5. The maximum atomic E-state index is 5.24. The van der Waals surface area contributed by atoms with Crippen molar-refractivity contribution in [2.45, 2.75) is 0 Å². The molecule has 1 aromatic carbocycles. The number of benzene rings is 1. The van der Waals surface area contributed by atoms with E-state index in [1.807, 2.05) is 30.3 Å². The number of rotatable bonds is 4. The Kier molecular flexibility index (Phi) is 4.39. The van der Waals surface area contributed by atoms with Crippen LogP contribution in [0.25, 0.3) is 0 Å². The zero-order valence-corrected chi connectivity index (χ0v) is 13.0. The lowest BCUT2D eigenvalue weighted by molar-refractivity contribution is 0.311. The van der Waals surface area contributed by atoms with Crippen molar-refractivity contribution in [3.05, 3.63) is 36.5 Å². The molecule has 0 saturated carbocycles. The highest BCUT2D eigenvalue weighted by molar-refractivity contribution is 5.59. The molecule has 6 nitrogen and oxygen atoms in total. The normalized spacial score (nSPS) is 15.6. The maximum absolute atomic E-state index is 5.24. The summed E-state index contributed by atoms with van der Waals surface area (Å²) < 4.78 is 5.24. The largest absolute Gasteiger partial charge is 0.497 e. The van der Waals surface area contributed by atoms with Gasteiger partial charge in [-0.25, -0.2) is 4.98 Å². The number of nitrogens with zero attached hydrogens (tertiary/aromatic N) is 4. The minimum atomic E-state index is 0.779. The summed E-state index contributed by atoms with van der Waals surface area (Å²) in [7, 11) is 3.80. The number of hydrogen-bond acceptors (Lipinski definition) is 6. The van der Waals surface area contributed by atoms with E-state index in [4.69, 9.17) is 4.74 Å². The number of anilines is 3. The van der Waals surface area contributed by atoms with Gasteiger partial charge in [0, 0.05) is 44.1 Å². The van der Waals surface area contributed by atoms with Crippen molar-refractivity contribution < 1.29 is 4.74 Å². The summed E-state index contributed by atoms with van der Waals surface area (Å²) in [5, 5.41) is 3.30. The molecular formula is C16H21N5O. The van der Waals surface area contributed by atoms with Crippen LogP contribution in [0.5, 0.6) is 5.75 Å². The van der Waals surface area contributed by atoms with Crippen molar-refractivity contribution >= 4 is 17.5 Å². The van der Waals surface area contributed by atoms with Gasteiger partial charge in [-0.15, -0.1) is 0 Å². The van der Waals surface area contributed by atoms with Crippen molar-refractivity contribution in [3.8, 4) is 5.75 Å². The lowest BCUT2D eigenvalue weighted by Gasteiger charge is -2.32. The highest BCUT2D eigenvalue weighted by atomic mass is 16.5. The summed E-state index contributed by atoms with van der Waals surface area (Å²) in [6.45, 7) is 3.99. The lowest BCUT2D eigenvalue weighted by atomic mass is 10.3. The number of methoxy groups -OCH3 is 1. The Morgan fingerprint density at radius 1 is 1.14 bits per heavy atom. The highest BCUT2D eigenvalue weighted by Crippen LogP contribution is 2.21. The fourth-order valence-electron chi connectivity index (χ4n) is 2.43. The van der Waals surface area contributed by atoms with E-state index in [0.29, 0.717) is 0 Å². The summed E-state index contributed by atoms with van der Waals surface area (Å²) >= 11 is 0. The second-order valence-corrected chi connectivity index (χ2v) is 5.39. The van der Waals surface area contributed by atoms with E-state index in [2.05, 4.69) is 32.1 Å². The van der Waals surface area contributed by atoms with Gasteiger partial charge in [0.1, 0.15) is 11.6 Å². The van der Waals surface area contributed by atoms with Crippen LogP contribution in [-0.2, 0) is 0 Å². The molecule has 1 aromatic heterocycles. The van der Waals surface area contributed by atoms with Crippen LogP contribution in [0.3, 0.4) is 0 Å². The van der Waals surface area contributed by atoms with Crippen LogP contribution in [0.4, 0.5) is 17.5 Å². The van der Waals surface area contributed by atoms with Gasteiger partial charge < -0.3 is 19.9 Å². The first-order valence-corrected chi connectivity index (χ1v) is 7.42. The Morgan fingerprint density at radius 3 is 2.73 bits per heavy atom. The molecular weight excluding hydrogens is 278 g/mol. The van der Waals surface area contributed by atoms with Crippen LogP contribution in [0.15, 0.2) is 36.5 Å². The van der Waals surface area contributed by atoms with Crippen LogP contribution in [0, 0.1) is 0 Å². The average molecular weight is 299 g/mol. The average Bonchev–Trinajstić information content (AvgIpc) is 2.56. The van der Waals surface area contributed by atoms with Crippen LogP contribution < -0.4 is 15.0 Å². The Balaban J connectivity index is 1.73. The van der Waals surface area contributed by atoms with Gasteiger partial charge in [0.05, 0.1) is 7.11 Å². The minimum absolute atomic E-state index is 0.779. The van der Waals surface area contributed by atoms with E-state index < -0.39 is 0 Å². The second kappa shape index (κ2) is 6.62. The number of likely N-dealkylation sites (N-methyl/N-ethyl adjacent to an activating group) is 1. The fraction of sp³-hybridized carbons (Fsp3) is 0.375. The van der Waals surface area contributed by atoms with E-state index in [9.17, 15) is 0 Å². The first-order chi connectivity index (χ1) is 10.7. The van der Waals surface area contributed by atoms with E-state index >= 15 is 0 Å². The molecule has 0 atom stereocenters. The zero-order chi connectivity index (χ0) is 15.4. The molecule has 0 unspecified atom stereocenters. The van der Waals surface area contributed by atoms with Crippen LogP contribution >= 0.6 is 0 Å². The quantitative estimate of drug-likeness (QED) is 0.931. The molecule has 1 N–H and O–H groups in total. The van der Waals surface area contributed by atoms with Gasteiger partial charge in [-0.2, -0.15) is 4.98 Å². The van der Waals surface area contributed by atoms with Crippen LogP contribution in [-0.4, -0.2) is 55.2 Å². The summed E-state index contributed by atoms with van der Waals surface area (Å²) in [6, 6.07) is 9.67. The number of ether oxygens (including phenoxy) is 1. The van der Waals surface area contributed by atoms with Crippen LogP contribution in [0.1, 0.15) is 0 Å². The third-order valence-electron chi connectivity index (χ3n) is 3.77. The Hall–Kier alpha value is -2.34. The third-order valence-corrected chi connectivity index (χ3v) is 3.77. The smallest absolute Gasteiger partial charge is 0.227 e. The van der Waals surface area contributed by atoms with Crippen molar-refractivity contribution in [2.24, 2.45) is 0 Å². The first kappa shape index (κ1) is 14.6. The molecule has 2 aromatic rings. The molecule has 6 heteroatoms. The van der Waals surface area contributed by atoms with E-state index in [1.165, 1.54) is 0 Å². The van der Waals surface area contributed by atoms with E-state index in [0.717, 1.165) is 49.4 Å². The fourth-order valence-corrected chi connectivity index (χ4v) is 2.43. The molecule has 1 aliphatic rings. The van der Waals surface area contributed by atoms with Crippen LogP contribution in [0.2, 0.25) is 0 Å². The predicted molar refractivity (Wildman–Crippen MR) is 88.0 cm³/mol. The first-order valence-electron chi connectivity index (χ1n) is 7.42. The van der Waals surface area contributed by atoms with Gasteiger partial charge in [-0.1, -0.05) is 6.07 Å². The number of piperazine rings is 1. The van der Waals surface area contributed by atoms with Crippen molar-refractivity contribution in [1.29, 1.82) is 0 Å². The number of hydrogen-bond donors (Lipinski definition) is 1. The highest BCUT2D eigenvalue weighted by Gasteiger charge is 2.16. The monoisotopic (exact) mass is 299 g/mol. The third kappa shape index (κ3) is 3.46. The molecule has 1 saturated heterocycles. The van der Waals surface area contributed by atoms with Crippen molar-refractivity contribution in [2.75, 3.05) is 50.6 Å². The summed E-state index contributed by atoms with van der Waals surface area (Å²) in [5.74, 6) is 2.39. The molecule has 22 heavy (non-hydrogen) atoms. The van der Waals surface area contributed by atoms with Gasteiger partial charge in [0.2, 0.25) is 5.95 Å². The van der Waals surface area contributed by atoms with Gasteiger partial charge >= 0.3 is 0 Å². The SMILES string of the molecule is COc1cccc(Nc2ccnc(N3CCN(C)CC3)n2)c1. The summed E-state index contributed by atoms with van der Waals surface area (Å²) in [6.07, 6.45) is 1.79. The Bertz CT molecular complexity index is 625. The molecule has 0 amide bonds. The number of nitrogens with one attached hydrogen (secondary N) is 1. The van der Waals surface area contributed by atoms with Gasteiger partial charge in [0.25, 0.3) is 0 Å². The van der Waals surface area contributed by atoms with E-state index in [1.54, 1.807) is 13.3 Å².